The molecule has 1 heterocycles. The zero-order valence-corrected chi connectivity index (χ0v) is 11.6. The number of rotatable bonds is 9. The zero-order chi connectivity index (χ0) is 12.3. The van der Waals surface area contributed by atoms with Crippen molar-refractivity contribution in [3.63, 3.8) is 0 Å². The minimum absolute atomic E-state index is 0.886. The van der Waals surface area contributed by atoms with Crippen molar-refractivity contribution >= 4 is 0 Å². The lowest BCUT2D eigenvalue weighted by molar-refractivity contribution is 0.213. The van der Waals surface area contributed by atoms with E-state index in [9.17, 15) is 0 Å². The molecule has 0 radical (unpaired) electrons. The molecule has 0 amide bonds. The fourth-order valence-electron chi connectivity index (χ4n) is 2.62. The van der Waals surface area contributed by atoms with Gasteiger partial charge in [0.2, 0.25) is 0 Å². The van der Waals surface area contributed by atoms with Gasteiger partial charge in [0.05, 0.1) is 0 Å². The van der Waals surface area contributed by atoms with E-state index < -0.39 is 0 Å². The summed E-state index contributed by atoms with van der Waals surface area (Å²) in [6.07, 6.45) is 10.0. The number of unbranched alkanes of at least 4 members (excludes halogenated alkanes) is 3. The standard InChI is InChI=1S/C15H30N2/c1-3-5-6-7-8-12-17(4-2)14-15-10-9-11-16-13-15/h3,15-16H,1,4-14H2,2H3. The van der Waals surface area contributed by atoms with Crippen molar-refractivity contribution in [2.45, 2.75) is 45.4 Å². The molecule has 0 aromatic heterocycles. The maximum absolute atomic E-state index is 3.77. The topological polar surface area (TPSA) is 15.3 Å². The highest BCUT2D eigenvalue weighted by Gasteiger charge is 2.15. The van der Waals surface area contributed by atoms with Crippen molar-refractivity contribution in [1.29, 1.82) is 0 Å². The highest BCUT2D eigenvalue weighted by Crippen LogP contribution is 2.12. The van der Waals surface area contributed by atoms with Crippen molar-refractivity contribution in [2.24, 2.45) is 5.92 Å². The molecule has 1 rings (SSSR count). The van der Waals surface area contributed by atoms with E-state index in [2.05, 4.69) is 23.7 Å². The number of piperidine rings is 1. The predicted molar refractivity (Wildman–Crippen MR) is 76.4 cm³/mol. The largest absolute Gasteiger partial charge is 0.316 e. The van der Waals surface area contributed by atoms with Crippen LogP contribution in [0.3, 0.4) is 0 Å². The van der Waals surface area contributed by atoms with Crippen molar-refractivity contribution in [2.75, 3.05) is 32.7 Å². The third kappa shape index (κ3) is 6.85. The maximum Gasteiger partial charge on any atom is 0.00217 e. The van der Waals surface area contributed by atoms with Gasteiger partial charge in [-0.15, -0.1) is 6.58 Å². The van der Waals surface area contributed by atoms with Crippen molar-refractivity contribution in [3.8, 4) is 0 Å². The lowest BCUT2D eigenvalue weighted by Gasteiger charge is -2.29. The number of nitrogens with one attached hydrogen (secondary N) is 1. The van der Waals surface area contributed by atoms with E-state index in [4.69, 9.17) is 0 Å². The Morgan fingerprint density at radius 3 is 2.88 bits per heavy atom. The molecule has 1 unspecified atom stereocenters. The van der Waals surface area contributed by atoms with E-state index in [1.54, 1.807) is 0 Å². The van der Waals surface area contributed by atoms with Crippen molar-refractivity contribution in [3.05, 3.63) is 12.7 Å². The van der Waals surface area contributed by atoms with E-state index >= 15 is 0 Å². The van der Waals surface area contributed by atoms with Gasteiger partial charge in [0.15, 0.2) is 0 Å². The summed E-state index contributed by atoms with van der Waals surface area (Å²) in [6, 6.07) is 0. The minimum atomic E-state index is 0.886. The molecular formula is C15H30N2. The molecule has 1 aliphatic rings. The average molecular weight is 238 g/mol. The Hall–Kier alpha value is -0.340. The zero-order valence-electron chi connectivity index (χ0n) is 11.6. The molecule has 0 aromatic rings. The Morgan fingerprint density at radius 2 is 2.24 bits per heavy atom. The molecule has 1 atom stereocenters. The highest BCUT2D eigenvalue weighted by atomic mass is 15.1. The summed E-state index contributed by atoms with van der Waals surface area (Å²) < 4.78 is 0. The first-order chi connectivity index (χ1) is 8.36. The van der Waals surface area contributed by atoms with Crippen LogP contribution in [0.1, 0.15) is 45.4 Å². The SMILES string of the molecule is C=CCCCCCN(CC)CC1CCCNC1. The summed E-state index contributed by atoms with van der Waals surface area (Å²) >= 11 is 0. The summed E-state index contributed by atoms with van der Waals surface area (Å²) in [5.74, 6) is 0.886. The van der Waals surface area contributed by atoms with E-state index in [0.29, 0.717) is 0 Å². The third-order valence-corrected chi connectivity index (χ3v) is 3.75. The molecule has 100 valence electrons. The summed E-state index contributed by atoms with van der Waals surface area (Å²) in [6.45, 7) is 12.3. The molecule has 2 nitrogen and oxygen atoms in total. The highest BCUT2D eigenvalue weighted by molar-refractivity contribution is 4.73. The molecule has 2 heteroatoms. The Labute approximate surface area is 107 Å². The van der Waals surface area contributed by atoms with Crippen LogP contribution in [0.2, 0.25) is 0 Å². The van der Waals surface area contributed by atoms with Crippen LogP contribution in [-0.4, -0.2) is 37.6 Å². The van der Waals surface area contributed by atoms with Crippen LogP contribution in [0, 0.1) is 5.92 Å². The molecule has 0 aliphatic carbocycles. The predicted octanol–water partition coefficient (Wildman–Crippen LogP) is 3.05. The third-order valence-electron chi connectivity index (χ3n) is 3.75. The maximum atomic E-state index is 3.77. The van der Waals surface area contributed by atoms with E-state index in [1.807, 2.05) is 6.08 Å². The smallest absolute Gasteiger partial charge is 0.00217 e. The van der Waals surface area contributed by atoms with Crippen molar-refractivity contribution < 1.29 is 0 Å². The molecule has 0 spiro atoms. The second kappa shape index (κ2) is 9.67. The lowest BCUT2D eigenvalue weighted by Crippen LogP contribution is -2.38. The van der Waals surface area contributed by atoms with Crippen molar-refractivity contribution in [1.82, 2.24) is 10.2 Å². The van der Waals surface area contributed by atoms with Gasteiger partial charge in [-0.2, -0.15) is 0 Å². The average Bonchev–Trinajstić information content (AvgIpc) is 2.38. The molecule has 1 fully saturated rings. The Balaban J connectivity index is 2.07. The molecule has 0 bridgehead atoms. The van der Waals surface area contributed by atoms with Crippen LogP contribution < -0.4 is 5.32 Å². The van der Waals surface area contributed by atoms with Gasteiger partial charge < -0.3 is 10.2 Å². The van der Waals surface area contributed by atoms with Gasteiger partial charge in [-0.25, -0.2) is 0 Å². The van der Waals surface area contributed by atoms with Gasteiger partial charge in [-0.3, -0.25) is 0 Å². The Morgan fingerprint density at radius 1 is 1.35 bits per heavy atom. The first-order valence-electron chi connectivity index (χ1n) is 7.40. The van der Waals surface area contributed by atoms with Crippen LogP contribution >= 0.6 is 0 Å². The number of allylic oxidation sites excluding steroid dienone is 1. The first-order valence-corrected chi connectivity index (χ1v) is 7.40. The fraction of sp³-hybridized carbons (Fsp3) is 0.867. The second-order valence-corrected chi connectivity index (χ2v) is 5.24. The van der Waals surface area contributed by atoms with Gasteiger partial charge in [-0.05, 0) is 64.2 Å². The van der Waals surface area contributed by atoms with Crippen LogP contribution in [0.25, 0.3) is 0 Å². The Kier molecular flexibility index (Phi) is 8.37. The number of hydrogen-bond acceptors (Lipinski definition) is 2. The van der Waals surface area contributed by atoms with E-state index in [-0.39, 0.29) is 0 Å². The molecular weight excluding hydrogens is 208 g/mol. The normalized spacial score (nSPS) is 20.7. The van der Waals surface area contributed by atoms with Crippen LogP contribution in [-0.2, 0) is 0 Å². The van der Waals surface area contributed by atoms with Crippen LogP contribution in [0.5, 0.6) is 0 Å². The monoisotopic (exact) mass is 238 g/mol. The van der Waals surface area contributed by atoms with Gasteiger partial charge in [-0.1, -0.05) is 19.4 Å². The van der Waals surface area contributed by atoms with Gasteiger partial charge in [0, 0.05) is 6.54 Å². The summed E-state index contributed by atoms with van der Waals surface area (Å²) in [5, 5.41) is 3.51. The molecule has 1 N–H and O–H groups in total. The van der Waals surface area contributed by atoms with Gasteiger partial charge >= 0.3 is 0 Å². The molecule has 17 heavy (non-hydrogen) atoms. The minimum Gasteiger partial charge on any atom is -0.316 e. The molecule has 1 aliphatic heterocycles. The fourth-order valence-corrected chi connectivity index (χ4v) is 2.62. The summed E-state index contributed by atoms with van der Waals surface area (Å²) in [4.78, 5) is 2.63. The molecule has 0 saturated carbocycles. The Bertz CT molecular complexity index is 185. The lowest BCUT2D eigenvalue weighted by atomic mass is 9.99. The number of nitrogens with zero attached hydrogens (tertiary/aromatic N) is 1. The van der Waals surface area contributed by atoms with Crippen LogP contribution in [0.15, 0.2) is 12.7 Å². The first kappa shape index (κ1) is 14.7. The van der Waals surface area contributed by atoms with Gasteiger partial charge in [0.1, 0.15) is 0 Å². The number of hydrogen-bond donors (Lipinski definition) is 1. The van der Waals surface area contributed by atoms with Gasteiger partial charge in [0.25, 0.3) is 0 Å². The van der Waals surface area contributed by atoms with E-state index in [0.717, 1.165) is 5.92 Å². The summed E-state index contributed by atoms with van der Waals surface area (Å²) in [5.41, 5.74) is 0. The molecule has 1 saturated heterocycles. The molecule has 0 aromatic carbocycles. The summed E-state index contributed by atoms with van der Waals surface area (Å²) in [7, 11) is 0. The van der Waals surface area contributed by atoms with Crippen LogP contribution in [0.4, 0.5) is 0 Å². The quantitative estimate of drug-likeness (QED) is 0.490. The van der Waals surface area contributed by atoms with E-state index in [1.165, 1.54) is 71.2 Å². The second-order valence-electron chi connectivity index (χ2n) is 5.24.